The van der Waals surface area contributed by atoms with Crippen LogP contribution in [-0.2, 0) is 14.3 Å². The van der Waals surface area contributed by atoms with Gasteiger partial charge < -0.3 is 14.8 Å². The highest BCUT2D eigenvalue weighted by molar-refractivity contribution is 5.94. The molecule has 0 bridgehead atoms. The SMILES string of the molecule is COc1cc([N+](=O)[O-])ccc1NC(=O)COC(=O)CC1CCCC1. The predicted molar refractivity (Wildman–Crippen MR) is 85.8 cm³/mol. The van der Waals surface area contributed by atoms with Gasteiger partial charge in [0.05, 0.1) is 23.8 Å². The van der Waals surface area contributed by atoms with Crippen LogP contribution in [0.4, 0.5) is 11.4 Å². The van der Waals surface area contributed by atoms with Crippen LogP contribution in [0.5, 0.6) is 5.75 Å². The number of methoxy groups -OCH3 is 1. The summed E-state index contributed by atoms with van der Waals surface area (Å²) in [5.41, 5.74) is 0.132. The number of nitro benzene ring substituents is 1. The van der Waals surface area contributed by atoms with Crippen molar-refractivity contribution in [3.05, 3.63) is 28.3 Å². The van der Waals surface area contributed by atoms with Crippen LogP contribution in [0.2, 0.25) is 0 Å². The number of hydrogen-bond donors (Lipinski definition) is 1. The average Bonchev–Trinajstić information content (AvgIpc) is 3.06. The number of carbonyl (C=O) groups excluding carboxylic acids is 2. The highest BCUT2D eigenvalue weighted by Crippen LogP contribution is 2.29. The lowest BCUT2D eigenvalue weighted by molar-refractivity contribution is -0.384. The van der Waals surface area contributed by atoms with Crippen molar-refractivity contribution in [3.63, 3.8) is 0 Å². The summed E-state index contributed by atoms with van der Waals surface area (Å²) in [6.07, 6.45) is 4.67. The number of hydrogen-bond acceptors (Lipinski definition) is 6. The Morgan fingerprint density at radius 3 is 2.67 bits per heavy atom. The first-order chi connectivity index (χ1) is 11.5. The van der Waals surface area contributed by atoms with Crippen molar-refractivity contribution in [1.82, 2.24) is 0 Å². The Kier molecular flexibility index (Phi) is 6.11. The zero-order valence-corrected chi connectivity index (χ0v) is 13.4. The number of nitro groups is 1. The standard InChI is InChI=1S/C16H20N2O6/c1-23-14-9-12(18(21)22)6-7-13(14)17-15(19)10-24-16(20)8-11-4-2-3-5-11/h6-7,9,11H,2-5,8,10H2,1H3,(H,17,19). The number of amides is 1. The summed E-state index contributed by atoms with van der Waals surface area (Å²) in [6.45, 7) is -0.397. The van der Waals surface area contributed by atoms with E-state index in [9.17, 15) is 19.7 Å². The molecule has 0 aromatic heterocycles. The average molecular weight is 336 g/mol. The fourth-order valence-corrected chi connectivity index (χ4v) is 2.74. The van der Waals surface area contributed by atoms with Gasteiger partial charge in [0, 0.05) is 12.5 Å². The van der Waals surface area contributed by atoms with Crippen LogP contribution in [0.1, 0.15) is 32.1 Å². The molecule has 1 aliphatic rings. The highest BCUT2D eigenvalue weighted by Gasteiger charge is 2.20. The first-order valence-electron chi connectivity index (χ1n) is 7.77. The monoisotopic (exact) mass is 336 g/mol. The quantitative estimate of drug-likeness (QED) is 0.466. The lowest BCUT2D eigenvalue weighted by atomic mass is 10.1. The van der Waals surface area contributed by atoms with E-state index in [-0.39, 0.29) is 23.1 Å². The third-order valence-electron chi connectivity index (χ3n) is 3.96. The first kappa shape index (κ1) is 17.7. The second-order valence-corrected chi connectivity index (χ2v) is 5.71. The van der Waals surface area contributed by atoms with Gasteiger partial charge in [-0.2, -0.15) is 0 Å². The maximum absolute atomic E-state index is 11.9. The van der Waals surface area contributed by atoms with Crippen molar-refractivity contribution >= 4 is 23.3 Å². The van der Waals surface area contributed by atoms with Crippen molar-refractivity contribution in [3.8, 4) is 5.75 Å². The van der Waals surface area contributed by atoms with E-state index in [1.54, 1.807) is 0 Å². The molecule has 0 radical (unpaired) electrons. The third-order valence-corrected chi connectivity index (χ3v) is 3.96. The van der Waals surface area contributed by atoms with E-state index in [0.29, 0.717) is 12.3 Å². The summed E-state index contributed by atoms with van der Waals surface area (Å²) < 4.78 is 10.00. The molecular weight excluding hydrogens is 316 g/mol. The summed E-state index contributed by atoms with van der Waals surface area (Å²) in [4.78, 5) is 33.7. The Morgan fingerprint density at radius 1 is 1.33 bits per heavy atom. The number of carbonyl (C=O) groups is 2. The maximum Gasteiger partial charge on any atom is 0.306 e. The van der Waals surface area contributed by atoms with Crippen molar-refractivity contribution < 1.29 is 24.0 Å². The van der Waals surface area contributed by atoms with Crippen LogP contribution < -0.4 is 10.1 Å². The van der Waals surface area contributed by atoms with Gasteiger partial charge in [0.1, 0.15) is 5.75 Å². The number of nitrogens with zero attached hydrogens (tertiary/aromatic N) is 1. The van der Waals surface area contributed by atoms with E-state index in [1.807, 2.05) is 0 Å². The van der Waals surface area contributed by atoms with E-state index >= 15 is 0 Å². The topological polar surface area (TPSA) is 108 Å². The Labute approximate surface area is 139 Å². The van der Waals surface area contributed by atoms with Gasteiger partial charge >= 0.3 is 5.97 Å². The summed E-state index contributed by atoms with van der Waals surface area (Å²) >= 11 is 0. The van der Waals surface area contributed by atoms with Gasteiger partial charge in [0.15, 0.2) is 6.61 Å². The molecule has 0 aliphatic heterocycles. The molecule has 1 amide bonds. The van der Waals surface area contributed by atoms with Crippen molar-refractivity contribution in [2.75, 3.05) is 19.0 Å². The molecule has 1 N–H and O–H groups in total. The molecule has 1 aliphatic carbocycles. The van der Waals surface area contributed by atoms with Crippen LogP contribution in [0.15, 0.2) is 18.2 Å². The Hall–Kier alpha value is -2.64. The molecular formula is C16H20N2O6. The van der Waals surface area contributed by atoms with Crippen LogP contribution >= 0.6 is 0 Å². The molecule has 8 heteroatoms. The second kappa shape index (κ2) is 8.28. The van der Waals surface area contributed by atoms with Crippen molar-refractivity contribution in [2.24, 2.45) is 5.92 Å². The molecule has 130 valence electrons. The van der Waals surface area contributed by atoms with Gasteiger partial charge in [0.25, 0.3) is 11.6 Å². The van der Waals surface area contributed by atoms with Gasteiger partial charge in [-0.25, -0.2) is 0 Å². The summed E-state index contributed by atoms with van der Waals surface area (Å²) in [5.74, 6) is -0.389. The van der Waals surface area contributed by atoms with Crippen molar-refractivity contribution in [2.45, 2.75) is 32.1 Å². The minimum absolute atomic E-state index is 0.146. The number of anilines is 1. The summed E-state index contributed by atoms with van der Waals surface area (Å²) in [7, 11) is 1.34. The smallest absolute Gasteiger partial charge is 0.306 e. The molecule has 1 fully saturated rings. The first-order valence-corrected chi connectivity index (χ1v) is 7.77. The maximum atomic E-state index is 11.9. The van der Waals surface area contributed by atoms with Crippen LogP contribution in [0.3, 0.4) is 0 Å². The molecule has 0 saturated heterocycles. The summed E-state index contributed by atoms with van der Waals surface area (Å²) in [6, 6.07) is 3.83. The van der Waals surface area contributed by atoms with Gasteiger partial charge in [-0.15, -0.1) is 0 Å². The number of ether oxygens (including phenoxy) is 2. The number of esters is 1. The molecule has 0 heterocycles. The molecule has 24 heavy (non-hydrogen) atoms. The zero-order valence-electron chi connectivity index (χ0n) is 13.4. The normalized spacial score (nSPS) is 14.2. The van der Waals surface area contributed by atoms with E-state index < -0.39 is 17.4 Å². The van der Waals surface area contributed by atoms with E-state index in [2.05, 4.69) is 5.32 Å². The lowest BCUT2D eigenvalue weighted by Gasteiger charge is -2.11. The second-order valence-electron chi connectivity index (χ2n) is 5.71. The molecule has 1 saturated carbocycles. The lowest BCUT2D eigenvalue weighted by Crippen LogP contribution is -2.22. The zero-order chi connectivity index (χ0) is 17.5. The molecule has 0 unspecified atom stereocenters. The minimum atomic E-state index is -0.557. The van der Waals surface area contributed by atoms with E-state index in [4.69, 9.17) is 9.47 Å². The number of rotatable bonds is 7. The largest absolute Gasteiger partial charge is 0.494 e. The molecule has 0 spiro atoms. The highest BCUT2D eigenvalue weighted by atomic mass is 16.6. The van der Waals surface area contributed by atoms with Crippen molar-refractivity contribution in [1.29, 1.82) is 0 Å². The van der Waals surface area contributed by atoms with Crippen LogP contribution in [-0.4, -0.2) is 30.5 Å². The Bertz CT molecular complexity index is 625. The predicted octanol–water partition coefficient (Wildman–Crippen LogP) is 2.67. The fourth-order valence-electron chi connectivity index (χ4n) is 2.74. The molecule has 8 nitrogen and oxygen atoms in total. The van der Waals surface area contributed by atoms with Crippen LogP contribution in [0, 0.1) is 16.0 Å². The van der Waals surface area contributed by atoms with E-state index in [1.165, 1.54) is 25.3 Å². The molecule has 1 aromatic rings. The minimum Gasteiger partial charge on any atom is -0.494 e. The van der Waals surface area contributed by atoms with Gasteiger partial charge in [-0.1, -0.05) is 12.8 Å². The van der Waals surface area contributed by atoms with E-state index in [0.717, 1.165) is 25.7 Å². The third kappa shape index (κ3) is 4.94. The Balaban J connectivity index is 1.85. The van der Waals surface area contributed by atoms with Gasteiger partial charge in [0.2, 0.25) is 0 Å². The number of benzene rings is 1. The van der Waals surface area contributed by atoms with Crippen LogP contribution in [0.25, 0.3) is 0 Å². The molecule has 1 aromatic carbocycles. The number of nitrogens with one attached hydrogen (secondary N) is 1. The van der Waals surface area contributed by atoms with Gasteiger partial charge in [-0.3, -0.25) is 19.7 Å². The van der Waals surface area contributed by atoms with Gasteiger partial charge in [-0.05, 0) is 24.8 Å². The fraction of sp³-hybridized carbons (Fsp3) is 0.500. The Morgan fingerprint density at radius 2 is 2.04 bits per heavy atom. The number of non-ortho nitro benzene ring substituents is 1. The molecule has 2 rings (SSSR count). The molecule has 0 atom stereocenters. The summed E-state index contributed by atoms with van der Waals surface area (Å²) in [5, 5.41) is 13.2.